The number of nitrogen functional groups attached to an aromatic ring is 1. The van der Waals surface area contributed by atoms with Gasteiger partial charge in [-0.1, -0.05) is 24.3 Å². The summed E-state index contributed by atoms with van der Waals surface area (Å²) < 4.78 is 5.70. The first kappa shape index (κ1) is 11.4. The topological polar surface area (TPSA) is 67.8 Å². The molecule has 2 aromatic heterocycles. The van der Waals surface area contributed by atoms with Crippen LogP contribution in [0.15, 0.2) is 63.2 Å². The molecule has 2 heterocycles. The van der Waals surface area contributed by atoms with E-state index in [1.807, 2.05) is 36.4 Å². The summed E-state index contributed by atoms with van der Waals surface area (Å²) in [4.78, 5) is 7.76. The summed E-state index contributed by atoms with van der Waals surface area (Å²) >= 11 is 1.46. The van der Waals surface area contributed by atoms with Gasteiger partial charge in [-0.2, -0.15) is 0 Å². The summed E-state index contributed by atoms with van der Waals surface area (Å²) in [7, 11) is 0. The number of nitrogens with two attached hydrogens (primary N) is 1. The molecule has 98 valence electrons. The van der Waals surface area contributed by atoms with Crippen molar-refractivity contribution in [2.24, 2.45) is 0 Å². The maximum atomic E-state index is 5.88. The highest BCUT2D eigenvalue weighted by atomic mass is 32.2. The van der Waals surface area contributed by atoms with E-state index in [1.54, 1.807) is 0 Å². The Bertz CT molecular complexity index is 877. The van der Waals surface area contributed by atoms with Gasteiger partial charge < -0.3 is 15.1 Å². The van der Waals surface area contributed by atoms with Crippen LogP contribution in [0, 0.1) is 0 Å². The number of para-hydroxylation sites is 2. The second-order valence-corrected chi connectivity index (χ2v) is 5.49. The lowest BCUT2D eigenvalue weighted by molar-refractivity contribution is 0.489. The number of aromatic nitrogens is 2. The molecule has 0 amide bonds. The van der Waals surface area contributed by atoms with E-state index >= 15 is 0 Å². The Kier molecular flexibility index (Phi) is 2.47. The van der Waals surface area contributed by atoms with Gasteiger partial charge in [-0.25, -0.2) is 4.98 Å². The van der Waals surface area contributed by atoms with Crippen LogP contribution in [0.25, 0.3) is 22.0 Å². The second kappa shape index (κ2) is 4.31. The molecule has 0 aliphatic rings. The Hall–Kier alpha value is -2.40. The molecule has 5 heteroatoms. The zero-order chi connectivity index (χ0) is 13.5. The second-order valence-electron chi connectivity index (χ2n) is 4.50. The Morgan fingerprint density at radius 1 is 1.10 bits per heavy atom. The molecule has 4 aromatic rings. The fourth-order valence-electron chi connectivity index (χ4n) is 2.19. The number of benzene rings is 2. The number of anilines is 1. The molecule has 3 N–H and O–H groups in total. The first-order chi connectivity index (χ1) is 9.79. The molecular weight excluding hydrogens is 270 g/mol. The van der Waals surface area contributed by atoms with E-state index in [-0.39, 0.29) is 0 Å². The molecule has 0 fully saturated rings. The first-order valence-electron chi connectivity index (χ1n) is 6.20. The first-order valence-corrected chi connectivity index (χ1v) is 7.02. The summed E-state index contributed by atoms with van der Waals surface area (Å²) in [5.41, 5.74) is 9.05. The minimum Gasteiger partial charge on any atom is -0.431 e. The largest absolute Gasteiger partial charge is 0.431 e. The van der Waals surface area contributed by atoms with Crippen molar-refractivity contribution in [3.05, 3.63) is 48.5 Å². The monoisotopic (exact) mass is 281 g/mol. The van der Waals surface area contributed by atoms with E-state index < -0.39 is 0 Å². The van der Waals surface area contributed by atoms with Gasteiger partial charge in [0, 0.05) is 10.9 Å². The number of hydrogen-bond acceptors (Lipinski definition) is 4. The number of aromatic amines is 1. The zero-order valence-corrected chi connectivity index (χ0v) is 11.3. The van der Waals surface area contributed by atoms with Crippen molar-refractivity contribution in [1.82, 2.24) is 9.97 Å². The highest BCUT2D eigenvalue weighted by Crippen LogP contribution is 2.32. The molecule has 0 saturated heterocycles. The van der Waals surface area contributed by atoms with Crippen molar-refractivity contribution in [3.8, 4) is 0 Å². The molecule has 0 bridgehead atoms. The molecule has 0 radical (unpaired) electrons. The zero-order valence-electron chi connectivity index (χ0n) is 10.5. The minimum absolute atomic E-state index is 0.587. The average Bonchev–Trinajstić information content (AvgIpc) is 3.02. The molecule has 4 rings (SSSR count). The third kappa shape index (κ3) is 1.83. The molecule has 0 atom stereocenters. The summed E-state index contributed by atoms with van der Waals surface area (Å²) in [5, 5.41) is 2.76. The standard InChI is InChI=1S/C15H11N3OS/c16-10-5-3-7-12-14(10)18-15(19-12)20-13-8-9-4-1-2-6-11(9)17-13/h1-8,17H,16H2. The highest BCUT2D eigenvalue weighted by Gasteiger charge is 2.10. The van der Waals surface area contributed by atoms with Crippen LogP contribution in [0.1, 0.15) is 0 Å². The van der Waals surface area contributed by atoms with Gasteiger partial charge in [-0.05, 0) is 36.0 Å². The van der Waals surface area contributed by atoms with Gasteiger partial charge in [-0.15, -0.1) is 0 Å². The van der Waals surface area contributed by atoms with Crippen LogP contribution in [0.5, 0.6) is 0 Å². The predicted molar refractivity (Wildman–Crippen MR) is 80.8 cm³/mol. The van der Waals surface area contributed by atoms with Gasteiger partial charge in [0.05, 0.1) is 10.7 Å². The summed E-state index contributed by atoms with van der Waals surface area (Å²) in [6.07, 6.45) is 0. The highest BCUT2D eigenvalue weighted by molar-refractivity contribution is 7.99. The van der Waals surface area contributed by atoms with Crippen molar-refractivity contribution < 1.29 is 4.42 Å². The fraction of sp³-hybridized carbons (Fsp3) is 0. The van der Waals surface area contributed by atoms with Crippen molar-refractivity contribution in [3.63, 3.8) is 0 Å². The normalized spacial score (nSPS) is 11.4. The Morgan fingerprint density at radius 3 is 2.85 bits per heavy atom. The molecule has 0 unspecified atom stereocenters. The molecule has 0 saturated carbocycles. The summed E-state index contributed by atoms with van der Waals surface area (Å²) in [6, 6.07) is 15.8. The van der Waals surface area contributed by atoms with Crippen molar-refractivity contribution in [2.45, 2.75) is 10.2 Å². The van der Waals surface area contributed by atoms with Gasteiger partial charge in [0.15, 0.2) is 5.58 Å². The number of nitrogens with one attached hydrogen (secondary N) is 1. The van der Waals surface area contributed by atoms with Crippen molar-refractivity contribution in [2.75, 3.05) is 5.73 Å². The molecular formula is C15H11N3OS. The van der Waals surface area contributed by atoms with Gasteiger partial charge in [-0.3, -0.25) is 0 Å². The number of fused-ring (bicyclic) bond motifs is 2. The van der Waals surface area contributed by atoms with E-state index in [9.17, 15) is 0 Å². The number of hydrogen-bond donors (Lipinski definition) is 2. The van der Waals surface area contributed by atoms with E-state index in [2.05, 4.69) is 22.1 Å². The lowest BCUT2D eigenvalue weighted by Gasteiger charge is -1.89. The third-order valence-corrected chi connectivity index (χ3v) is 3.92. The number of rotatable bonds is 2. The number of oxazole rings is 1. The SMILES string of the molecule is Nc1cccc2oc(Sc3cc4ccccc4[nH]3)nc12. The molecule has 4 nitrogen and oxygen atoms in total. The average molecular weight is 281 g/mol. The molecule has 0 aliphatic carbocycles. The molecule has 20 heavy (non-hydrogen) atoms. The molecule has 0 aliphatic heterocycles. The molecule has 2 aromatic carbocycles. The Labute approximate surface area is 119 Å². The van der Waals surface area contributed by atoms with Crippen LogP contribution < -0.4 is 5.73 Å². The smallest absolute Gasteiger partial charge is 0.263 e. The number of H-pyrrole nitrogens is 1. The van der Waals surface area contributed by atoms with Crippen LogP contribution in [-0.4, -0.2) is 9.97 Å². The van der Waals surface area contributed by atoms with Gasteiger partial charge in [0.25, 0.3) is 5.22 Å². The van der Waals surface area contributed by atoms with Crippen molar-refractivity contribution >= 4 is 39.5 Å². The van der Waals surface area contributed by atoms with E-state index in [0.717, 1.165) is 10.5 Å². The minimum atomic E-state index is 0.587. The lowest BCUT2D eigenvalue weighted by Crippen LogP contribution is -1.84. The van der Waals surface area contributed by atoms with Crippen LogP contribution in [0.4, 0.5) is 5.69 Å². The summed E-state index contributed by atoms with van der Waals surface area (Å²) in [5.74, 6) is 0. The fourth-order valence-corrected chi connectivity index (χ4v) is 2.99. The predicted octanol–water partition coefficient (Wildman–Crippen LogP) is 4.04. The van der Waals surface area contributed by atoms with Crippen LogP contribution >= 0.6 is 11.8 Å². The Morgan fingerprint density at radius 2 is 2.00 bits per heavy atom. The van der Waals surface area contributed by atoms with Crippen molar-refractivity contribution in [1.29, 1.82) is 0 Å². The van der Waals surface area contributed by atoms with Gasteiger partial charge >= 0.3 is 0 Å². The van der Waals surface area contributed by atoms with Crippen LogP contribution in [0.2, 0.25) is 0 Å². The lowest BCUT2D eigenvalue weighted by atomic mass is 10.3. The summed E-state index contributed by atoms with van der Waals surface area (Å²) in [6.45, 7) is 0. The van der Waals surface area contributed by atoms with Crippen LogP contribution in [-0.2, 0) is 0 Å². The Balaban J connectivity index is 1.74. The van der Waals surface area contributed by atoms with Crippen LogP contribution in [0.3, 0.4) is 0 Å². The quantitative estimate of drug-likeness (QED) is 0.544. The molecule has 0 spiro atoms. The van der Waals surface area contributed by atoms with E-state index in [0.29, 0.717) is 22.0 Å². The maximum Gasteiger partial charge on any atom is 0.263 e. The van der Waals surface area contributed by atoms with Gasteiger partial charge in [0.1, 0.15) is 5.52 Å². The van der Waals surface area contributed by atoms with E-state index in [4.69, 9.17) is 10.2 Å². The van der Waals surface area contributed by atoms with Gasteiger partial charge in [0.2, 0.25) is 0 Å². The number of nitrogens with zero attached hydrogens (tertiary/aromatic N) is 1. The van der Waals surface area contributed by atoms with E-state index in [1.165, 1.54) is 17.1 Å². The maximum absolute atomic E-state index is 5.88. The third-order valence-electron chi connectivity index (χ3n) is 3.13.